The summed E-state index contributed by atoms with van der Waals surface area (Å²) in [5, 5.41) is 15.7. The fraction of sp³-hybridized carbons (Fsp3) is 0.500. The zero-order valence-corrected chi connectivity index (χ0v) is 12.2. The Morgan fingerprint density at radius 3 is 2.85 bits per heavy atom. The predicted molar refractivity (Wildman–Crippen MR) is 78.4 cm³/mol. The van der Waals surface area contributed by atoms with Crippen molar-refractivity contribution < 1.29 is 14.6 Å². The quantitative estimate of drug-likeness (QED) is 0.783. The van der Waals surface area contributed by atoms with Crippen molar-refractivity contribution >= 4 is 23.3 Å². The number of anilines is 1. The zero-order chi connectivity index (χ0) is 14.6. The standard InChI is InChI=1S/C14H19ClN2O3/c1-2-20-12-10(15)5-3-6-11(12)17-13(18)16-9-14(19)7-4-8-14/h3,5-6,19H,2,4,7-9H2,1H3,(H2,16,17,18). The molecule has 0 saturated heterocycles. The lowest BCUT2D eigenvalue weighted by molar-refractivity contribution is -0.0287. The number of amides is 2. The van der Waals surface area contributed by atoms with Gasteiger partial charge in [-0.2, -0.15) is 0 Å². The van der Waals surface area contributed by atoms with Crippen LogP contribution < -0.4 is 15.4 Å². The number of halogens is 1. The van der Waals surface area contributed by atoms with Gasteiger partial charge in [0, 0.05) is 6.54 Å². The van der Waals surface area contributed by atoms with E-state index in [0.717, 1.165) is 19.3 Å². The third-order valence-corrected chi connectivity index (χ3v) is 3.66. The maximum Gasteiger partial charge on any atom is 0.319 e. The van der Waals surface area contributed by atoms with E-state index in [1.165, 1.54) is 0 Å². The maximum atomic E-state index is 11.8. The molecule has 2 amide bonds. The summed E-state index contributed by atoms with van der Waals surface area (Å²) >= 11 is 6.04. The molecule has 1 aromatic rings. The Morgan fingerprint density at radius 1 is 1.50 bits per heavy atom. The number of benzene rings is 1. The molecule has 0 aliphatic heterocycles. The molecule has 2 rings (SSSR count). The lowest BCUT2D eigenvalue weighted by atomic mass is 9.80. The molecule has 5 nitrogen and oxygen atoms in total. The molecule has 0 heterocycles. The van der Waals surface area contributed by atoms with E-state index in [2.05, 4.69) is 10.6 Å². The molecule has 0 unspecified atom stereocenters. The van der Waals surface area contributed by atoms with Gasteiger partial charge in [-0.3, -0.25) is 0 Å². The Labute approximate surface area is 123 Å². The molecule has 0 radical (unpaired) electrons. The number of urea groups is 1. The van der Waals surface area contributed by atoms with E-state index < -0.39 is 5.60 Å². The Hall–Kier alpha value is -1.46. The molecular formula is C14H19ClN2O3. The second-order valence-electron chi connectivity index (χ2n) is 4.94. The van der Waals surface area contributed by atoms with Crippen LogP contribution in [0, 0.1) is 0 Å². The molecule has 0 bridgehead atoms. The number of ether oxygens (including phenoxy) is 1. The lowest BCUT2D eigenvalue weighted by Crippen LogP contribution is -2.48. The molecule has 1 aliphatic rings. The highest BCUT2D eigenvalue weighted by molar-refractivity contribution is 6.32. The van der Waals surface area contributed by atoms with Crippen LogP contribution in [0.5, 0.6) is 5.75 Å². The van der Waals surface area contributed by atoms with Crippen LogP contribution in [0.2, 0.25) is 5.02 Å². The van der Waals surface area contributed by atoms with Crippen LogP contribution in [0.25, 0.3) is 0 Å². The van der Waals surface area contributed by atoms with Crippen molar-refractivity contribution in [3.8, 4) is 5.75 Å². The number of hydrogen-bond acceptors (Lipinski definition) is 3. The molecule has 1 aromatic carbocycles. The Morgan fingerprint density at radius 2 is 2.25 bits per heavy atom. The molecular weight excluding hydrogens is 280 g/mol. The van der Waals surface area contributed by atoms with E-state index in [4.69, 9.17) is 16.3 Å². The number of para-hydroxylation sites is 1. The van der Waals surface area contributed by atoms with Gasteiger partial charge in [-0.15, -0.1) is 0 Å². The first-order valence-corrected chi connectivity index (χ1v) is 7.10. The first-order valence-electron chi connectivity index (χ1n) is 6.72. The molecule has 20 heavy (non-hydrogen) atoms. The van der Waals surface area contributed by atoms with Gasteiger partial charge in [0.15, 0.2) is 5.75 Å². The molecule has 1 fully saturated rings. The van der Waals surface area contributed by atoms with Crippen LogP contribution in [-0.2, 0) is 0 Å². The van der Waals surface area contributed by atoms with Crippen molar-refractivity contribution in [3.63, 3.8) is 0 Å². The van der Waals surface area contributed by atoms with Crippen molar-refractivity contribution in [2.45, 2.75) is 31.8 Å². The fourth-order valence-electron chi connectivity index (χ4n) is 2.07. The van der Waals surface area contributed by atoms with E-state index in [9.17, 15) is 9.90 Å². The average molecular weight is 299 g/mol. The normalized spacial score (nSPS) is 16.1. The van der Waals surface area contributed by atoms with Crippen molar-refractivity contribution in [3.05, 3.63) is 23.2 Å². The summed E-state index contributed by atoms with van der Waals surface area (Å²) < 4.78 is 5.42. The number of hydrogen-bond donors (Lipinski definition) is 3. The van der Waals surface area contributed by atoms with E-state index in [-0.39, 0.29) is 12.6 Å². The maximum absolute atomic E-state index is 11.8. The van der Waals surface area contributed by atoms with Gasteiger partial charge in [0.05, 0.1) is 22.9 Å². The minimum absolute atomic E-state index is 0.253. The van der Waals surface area contributed by atoms with Crippen LogP contribution in [-0.4, -0.2) is 29.9 Å². The summed E-state index contributed by atoms with van der Waals surface area (Å²) in [6, 6.07) is 4.77. The van der Waals surface area contributed by atoms with Crippen LogP contribution in [0.1, 0.15) is 26.2 Å². The molecule has 3 N–H and O–H groups in total. The van der Waals surface area contributed by atoms with Gasteiger partial charge in [-0.05, 0) is 38.3 Å². The molecule has 1 aliphatic carbocycles. The van der Waals surface area contributed by atoms with Crippen molar-refractivity contribution in [1.29, 1.82) is 0 Å². The molecule has 0 spiro atoms. The SMILES string of the molecule is CCOc1c(Cl)cccc1NC(=O)NCC1(O)CCC1. The zero-order valence-electron chi connectivity index (χ0n) is 11.4. The number of nitrogens with one attached hydrogen (secondary N) is 2. The molecule has 1 saturated carbocycles. The number of carbonyl (C=O) groups excluding carboxylic acids is 1. The van der Waals surface area contributed by atoms with Crippen molar-refractivity contribution in [1.82, 2.24) is 5.32 Å². The molecule has 6 heteroatoms. The number of rotatable bonds is 5. The van der Waals surface area contributed by atoms with Gasteiger partial charge in [0.25, 0.3) is 0 Å². The van der Waals surface area contributed by atoms with Crippen LogP contribution in [0.4, 0.5) is 10.5 Å². The third-order valence-electron chi connectivity index (χ3n) is 3.37. The summed E-state index contributed by atoms with van der Waals surface area (Å²) in [6.07, 6.45) is 2.46. The van der Waals surface area contributed by atoms with E-state index >= 15 is 0 Å². The highest BCUT2D eigenvalue weighted by atomic mass is 35.5. The van der Waals surface area contributed by atoms with Gasteiger partial charge < -0.3 is 20.5 Å². The minimum Gasteiger partial charge on any atom is -0.490 e. The highest BCUT2D eigenvalue weighted by Gasteiger charge is 2.34. The van der Waals surface area contributed by atoms with Crippen LogP contribution in [0.3, 0.4) is 0 Å². The minimum atomic E-state index is -0.742. The van der Waals surface area contributed by atoms with Crippen molar-refractivity contribution in [2.24, 2.45) is 0 Å². The Bertz CT molecular complexity index is 489. The lowest BCUT2D eigenvalue weighted by Gasteiger charge is -2.36. The third kappa shape index (κ3) is 3.55. The number of carbonyl (C=O) groups is 1. The van der Waals surface area contributed by atoms with Crippen LogP contribution in [0.15, 0.2) is 18.2 Å². The Kier molecular flexibility index (Phi) is 4.73. The summed E-state index contributed by atoms with van der Waals surface area (Å²) in [5.41, 5.74) is -0.230. The topological polar surface area (TPSA) is 70.6 Å². The van der Waals surface area contributed by atoms with Gasteiger partial charge in [-0.1, -0.05) is 17.7 Å². The van der Waals surface area contributed by atoms with Crippen molar-refractivity contribution in [2.75, 3.05) is 18.5 Å². The van der Waals surface area contributed by atoms with E-state index in [1.54, 1.807) is 18.2 Å². The van der Waals surface area contributed by atoms with E-state index in [1.807, 2.05) is 6.92 Å². The average Bonchev–Trinajstić information content (AvgIpc) is 2.38. The second kappa shape index (κ2) is 6.33. The van der Waals surface area contributed by atoms with Gasteiger partial charge >= 0.3 is 6.03 Å². The Balaban J connectivity index is 1.95. The fourth-order valence-corrected chi connectivity index (χ4v) is 2.30. The molecule has 0 atom stereocenters. The predicted octanol–water partition coefficient (Wildman–Crippen LogP) is 2.78. The highest BCUT2D eigenvalue weighted by Crippen LogP contribution is 2.33. The van der Waals surface area contributed by atoms with Gasteiger partial charge in [0.2, 0.25) is 0 Å². The molecule has 110 valence electrons. The largest absolute Gasteiger partial charge is 0.490 e. The second-order valence-corrected chi connectivity index (χ2v) is 5.34. The van der Waals surface area contributed by atoms with Crippen LogP contribution >= 0.6 is 11.6 Å². The first-order chi connectivity index (χ1) is 9.54. The summed E-state index contributed by atoms with van der Waals surface area (Å²) in [5.74, 6) is 0.453. The summed E-state index contributed by atoms with van der Waals surface area (Å²) in [7, 11) is 0. The van der Waals surface area contributed by atoms with Gasteiger partial charge in [-0.25, -0.2) is 4.79 Å². The molecule has 0 aromatic heterocycles. The number of aliphatic hydroxyl groups is 1. The summed E-state index contributed by atoms with van der Waals surface area (Å²) in [6.45, 7) is 2.56. The van der Waals surface area contributed by atoms with E-state index in [0.29, 0.717) is 23.1 Å². The summed E-state index contributed by atoms with van der Waals surface area (Å²) in [4.78, 5) is 11.8. The first kappa shape index (κ1) is 14.9. The van der Waals surface area contributed by atoms with Gasteiger partial charge in [0.1, 0.15) is 0 Å². The monoisotopic (exact) mass is 298 g/mol. The smallest absolute Gasteiger partial charge is 0.319 e.